The van der Waals surface area contributed by atoms with Crippen LogP contribution in [0.15, 0.2) is 59.6 Å². The number of aliphatic imine (C=N–C) groups is 1. The zero-order chi connectivity index (χ0) is 24.1. The first kappa shape index (κ1) is 23.7. The summed E-state index contributed by atoms with van der Waals surface area (Å²) in [5.41, 5.74) is 3.55. The first-order valence-corrected chi connectivity index (χ1v) is 12.3. The van der Waals surface area contributed by atoms with Gasteiger partial charge in [-0.25, -0.2) is 4.99 Å². The number of rotatable bonds is 6. The molecule has 1 aliphatic carbocycles. The SMILES string of the molecule is CC(C)(C)[C@@H]1CCc2c(sc(N=Cc3ccccc3OCC#N)c2C(=O)Nc2ccccc2)C1. The van der Waals surface area contributed by atoms with Crippen molar-refractivity contribution in [2.24, 2.45) is 16.3 Å². The number of fused-ring (bicyclic) bond motifs is 1. The van der Waals surface area contributed by atoms with Crippen LogP contribution in [0.5, 0.6) is 5.75 Å². The molecule has 3 aromatic rings. The lowest BCUT2D eigenvalue weighted by atomic mass is 9.72. The third kappa shape index (κ3) is 5.37. The fourth-order valence-corrected chi connectivity index (χ4v) is 5.58. The monoisotopic (exact) mass is 471 g/mol. The highest BCUT2D eigenvalue weighted by molar-refractivity contribution is 7.16. The molecule has 2 aromatic carbocycles. The Morgan fingerprint density at radius 2 is 1.94 bits per heavy atom. The summed E-state index contributed by atoms with van der Waals surface area (Å²) in [6, 6.07) is 19.0. The fourth-order valence-electron chi connectivity index (χ4n) is 4.31. The van der Waals surface area contributed by atoms with Crippen molar-refractivity contribution >= 4 is 34.1 Å². The first-order valence-electron chi connectivity index (χ1n) is 11.5. The molecule has 1 atom stereocenters. The van der Waals surface area contributed by atoms with Gasteiger partial charge in [0.05, 0.1) is 5.56 Å². The van der Waals surface area contributed by atoms with Gasteiger partial charge in [0.1, 0.15) is 16.8 Å². The van der Waals surface area contributed by atoms with Crippen LogP contribution in [0, 0.1) is 22.7 Å². The van der Waals surface area contributed by atoms with E-state index in [9.17, 15) is 4.79 Å². The predicted octanol–water partition coefficient (Wildman–Crippen LogP) is 6.80. The molecule has 0 spiro atoms. The number of benzene rings is 2. The minimum Gasteiger partial charge on any atom is -0.478 e. The van der Waals surface area contributed by atoms with Crippen molar-refractivity contribution in [1.29, 1.82) is 5.26 Å². The maximum atomic E-state index is 13.4. The second-order valence-corrected chi connectivity index (χ2v) is 10.6. The number of para-hydroxylation sites is 2. The van der Waals surface area contributed by atoms with E-state index < -0.39 is 0 Å². The topological polar surface area (TPSA) is 74.5 Å². The second-order valence-electron chi connectivity index (χ2n) is 9.55. The fraction of sp³-hybridized carbons (Fsp3) is 0.321. The van der Waals surface area contributed by atoms with E-state index in [0.717, 1.165) is 36.1 Å². The van der Waals surface area contributed by atoms with E-state index in [0.29, 0.717) is 22.2 Å². The highest BCUT2D eigenvalue weighted by Gasteiger charge is 2.33. The van der Waals surface area contributed by atoms with Gasteiger partial charge in [0, 0.05) is 22.3 Å². The Bertz CT molecular complexity index is 1230. The van der Waals surface area contributed by atoms with Crippen molar-refractivity contribution in [2.45, 2.75) is 40.0 Å². The van der Waals surface area contributed by atoms with Gasteiger partial charge in [-0.05, 0) is 60.4 Å². The zero-order valence-electron chi connectivity index (χ0n) is 19.8. The summed E-state index contributed by atoms with van der Waals surface area (Å²) < 4.78 is 5.54. The Labute approximate surface area is 205 Å². The third-order valence-corrected chi connectivity index (χ3v) is 7.42. The van der Waals surface area contributed by atoms with Crippen LogP contribution in [0.1, 0.15) is 53.6 Å². The molecule has 0 radical (unpaired) electrons. The summed E-state index contributed by atoms with van der Waals surface area (Å²) in [5, 5.41) is 12.6. The molecular weight excluding hydrogens is 442 g/mol. The van der Waals surface area contributed by atoms with Crippen LogP contribution in [-0.4, -0.2) is 18.7 Å². The zero-order valence-corrected chi connectivity index (χ0v) is 20.6. The van der Waals surface area contributed by atoms with Crippen LogP contribution in [0.3, 0.4) is 0 Å². The Morgan fingerprint density at radius 1 is 1.21 bits per heavy atom. The van der Waals surface area contributed by atoms with E-state index >= 15 is 0 Å². The molecule has 5 nitrogen and oxygen atoms in total. The van der Waals surface area contributed by atoms with E-state index in [2.05, 4.69) is 26.1 Å². The van der Waals surface area contributed by atoms with Gasteiger partial charge in [0.15, 0.2) is 6.61 Å². The summed E-state index contributed by atoms with van der Waals surface area (Å²) in [5.74, 6) is 1.04. The molecule has 174 valence electrons. The first-order chi connectivity index (χ1) is 16.4. The highest BCUT2D eigenvalue weighted by Crippen LogP contribution is 2.45. The molecule has 6 heteroatoms. The maximum absolute atomic E-state index is 13.4. The van der Waals surface area contributed by atoms with Gasteiger partial charge < -0.3 is 10.1 Å². The van der Waals surface area contributed by atoms with Crippen molar-refractivity contribution in [3.05, 3.63) is 76.2 Å². The number of hydrogen-bond acceptors (Lipinski definition) is 5. The Hall–Kier alpha value is -3.43. The van der Waals surface area contributed by atoms with Crippen molar-refractivity contribution < 1.29 is 9.53 Å². The lowest BCUT2D eigenvalue weighted by molar-refractivity contribution is 0.102. The lowest BCUT2D eigenvalue weighted by Crippen LogP contribution is -2.27. The van der Waals surface area contributed by atoms with Crippen molar-refractivity contribution in [3.63, 3.8) is 0 Å². The molecule has 1 heterocycles. The number of hydrogen-bond donors (Lipinski definition) is 1. The molecule has 1 amide bonds. The summed E-state index contributed by atoms with van der Waals surface area (Å²) in [6.45, 7) is 6.83. The third-order valence-electron chi connectivity index (χ3n) is 6.26. The van der Waals surface area contributed by atoms with Crippen LogP contribution in [0.2, 0.25) is 0 Å². The predicted molar refractivity (Wildman–Crippen MR) is 138 cm³/mol. The van der Waals surface area contributed by atoms with E-state index in [1.807, 2.05) is 60.7 Å². The Morgan fingerprint density at radius 3 is 2.68 bits per heavy atom. The molecule has 0 unspecified atom stereocenters. The summed E-state index contributed by atoms with van der Waals surface area (Å²) in [6.07, 6.45) is 4.63. The van der Waals surface area contributed by atoms with Crippen molar-refractivity contribution in [2.75, 3.05) is 11.9 Å². The molecular formula is C28H29N3O2S. The van der Waals surface area contributed by atoms with Gasteiger partial charge in [-0.2, -0.15) is 5.26 Å². The number of nitriles is 1. The summed E-state index contributed by atoms with van der Waals surface area (Å²) in [4.78, 5) is 19.5. The number of carbonyl (C=O) groups excluding carboxylic acids is 1. The average Bonchev–Trinajstić information content (AvgIpc) is 3.19. The maximum Gasteiger partial charge on any atom is 0.259 e. The highest BCUT2D eigenvalue weighted by atomic mass is 32.1. The molecule has 0 bridgehead atoms. The molecule has 1 aliphatic rings. The van der Waals surface area contributed by atoms with Gasteiger partial charge in [-0.3, -0.25) is 4.79 Å². The molecule has 34 heavy (non-hydrogen) atoms. The van der Waals surface area contributed by atoms with E-state index in [-0.39, 0.29) is 17.9 Å². The summed E-state index contributed by atoms with van der Waals surface area (Å²) in [7, 11) is 0. The Balaban J connectivity index is 1.70. The number of amides is 1. The van der Waals surface area contributed by atoms with Crippen LogP contribution < -0.4 is 10.1 Å². The largest absolute Gasteiger partial charge is 0.478 e. The van der Waals surface area contributed by atoms with Crippen LogP contribution >= 0.6 is 11.3 Å². The van der Waals surface area contributed by atoms with Gasteiger partial charge in [-0.15, -0.1) is 11.3 Å². The average molecular weight is 472 g/mol. The molecule has 0 fully saturated rings. The van der Waals surface area contributed by atoms with Crippen LogP contribution in [0.25, 0.3) is 0 Å². The normalized spacial score (nSPS) is 15.5. The van der Waals surface area contributed by atoms with E-state index in [1.165, 1.54) is 4.88 Å². The lowest BCUT2D eigenvalue weighted by Gasteiger charge is -2.33. The molecule has 0 saturated heterocycles. The number of carbonyl (C=O) groups is 1. The standard InChI is InChI=1S/C28H29N3O2S/c1-28(2,3)20-13-14-22-24(17-20)34-27(25(22)26(32)31-21-10-5-4-6-11-21)30-18-19-9-7-8-12-23(19)33-16-15-29/h4-12,18,20H,13-14,16-17H2,1-3H3,(H,31,32)/t20-/m1/s1. The van der Waals surface area contributed by atoms with Gasteiger partial charge in [0.25, 0.3) is 5.91 Å². The quantitative estimate of drug-likeness (QED) is 0.402. The number of ether oxygens (including phenoxy) is 1. The number of nitrogens with zero attached hydrogens (tertiary/aromatic N) is 2. The van der Waals surface area contributed by atoms with E-state index in [1.54, 1.807) is 17.6 Å². The minimum atomic E-state index is -0.126. The molecule has 1 aromatic heterocycles. The van der Waals surface area contributed by atoms with E-state index in [4.69, 9.17) is 15.0 Å². The number of nitrogens with one attached hydrogen (secondary N) is 1. The van der Waals surface area contributed by atoms with Crippen molar-refractivity contribution in [1.82, 2.24) is 0 Å². The molecule has 0 aliphatic heterocycles. The van der Waals surface area contributed by atoms with Gasteiger partial charge in [0.2, 0.25) is 0 Å². The van der Waals surface area contributed by atoms with Gasteiger partial charge in [-0.1, -0.05) is 51.1 Å². The molecule has 4 rings (SSSR count). The second kappa shape index (κ2) is 10.2. The summed E-state index contributed by atoms with van der Waals surface area (Å²) >= 11 is 1.61. The van der Waals surface area contributed by atoms with Crippen LogP contribution in [-0.2, 0) is 12.8 Å². The van der Waals surface area contributed by atoms with Crippen molar-refractivity contribution in [3.8, 4) is 11.8 Å². The smallest absolute Gasteiger partial charge is 0.259 e. The number of thiophene rings is 1. The minimum absolute atomic E-state index is 0.0307. The number of anilines is 1. The molecule has 1 N–H and O–H groups in total. The van der Waals surface area contributed by atoms with Crippen LogP contribution in [0.4, 0.5) is 10.7 Å². The Kier molecular flexibility index (Phi) is 7.14. The van der Waals surface area contributed by atoms with Gasteiger partial charge >= 0.3 is 0 Å². The molecule has 0 saturated carbocycles.